The number of carbonyl (C=O) groups excluding carboxylic acids is 2. The Morgan fingerprint density at radius 1 is 0.938 bits per heavy atom. The van der Waals surface area contributed by atoms with E-state index >= 15 is 0 Å². The highest BCUT2D eigenvalue weighted by molar-refractivity contribution is 6.05. The number of aromatic nitrogens is 1. The molecule has 0 unspecified atom stereocenters. The SMILES string of the molecule is COC(=O)c1cc(C)c(NC(=O)c2nc(-c3cccc(C(F)(F)F)c3)ccc2C)c(C)c1. The van der Waals surface area contributed by atoms with E-state index in [-0.39, 0.29) is 17.0 Å². The molecule has 3 rings (SSSR count). The normalized spacial score (nSPS) is 11.2. The number of anilines is 1. The molecule has 0 aliphatic carbocycles. The first-order chi connectivity index (χ1) is 15.0. The smallest absolute Gasteiger partial charge is 0.416 e. The predicted molar refractivity (Wildman–Crippen MR) is 115 cm³/mol. The van der Waals surface area contributed by atoms with Gasteiger partial charge in [-0.1, -0.05) is 18.2 Å². The molecule has 2 aromatic carbocycles. The summed E-state index contributed by atoms with van der Waals surface area (Å²) >= 11 is 0. The number of pyridine rings is 1. The van der Waals surface area contributed by atoms with Gasteiger partial charge in [-0.05, 0) is 67.8 Å². The van der Waals surface area contributed by atoms with Crippen LogP contribution >= 0.6 is 0 Å². The second kappa shape index (κ2) is 8.82. The van der Waals surface area contributed by atoms with Gasteiger partial charge in [-0.15, -0.1) is 0 Å². The Morgan fingerprint density at radius 3 is 2.19 bits per heavy atom. The van der Waals surface area contributed by atoms with Crippen LogP contribution in [0.4, 0.5) is 18.9 Å². The molecule has 166 valence electrons. The van der Waals surface area contributed by atoms with Crippen LogP contribution in [-0.2, 0) is 10.9 Å². The number of alkyl halides is 3. The van der Waals surface area contributed by atoms with E-state index in [1.807, 2.05) is 0 Å². The van der Waals surface area contributed by atoms with Crippen LogP contribution in [0.3, 0.4) is 0 Å². The van der Waals surface area contributed by atoms with Gasteiger partial charge in [0.15, 0.2) is 0 Å². The third-order valence-electron chi connectivity index (χ3n) is 4.99. The van der Waals surface area contributed by atoms with Gasteiger partial charge in [0.25, 0.3) is 5.91 Å². The van der Waals surface area contributed by atoms with Crippen molar-refractivity contribution in [3.63, 3.8) is 0 Å². The number of amides is 1. The molecule has 32 heavy (non-hydrogen) atoms. The summed E-state index contributed by atoms with van der Waals surface area (Å²) in [7, 11) is 1.29. The Bertz CT molecular complexity index is 1180. The molecule has 0 atom stereocenters. The summed E-state index contributed by atoms with van der Waals surface area (Å²) in [4.78, 5) is 29.1. The molecule has 0 aliphatic heterocycles. The third-order valence-corrected chi connectivity index (χ3v) is 4.99. The average molecular weight is 442 g/mol. The van der Waals surface area contributed by atoms with Gasteiger partial charge in [-0.3, -0.25) is 4.79 Å². The van der Waals surface area contributed by atoms with E-state index in [2.05, 4.69) is 10.3 Å². The van der Waals surface area contributed by atoms with Gasteiger partial charge in [0.2, 0.25) is 0 Å². The number of halogens is 3. The van der Waals surface area contributed by atoms with E-state index in [0.717, 1.165) is 12.1 Å². The fourth-order valence-corrected chi connectivity index (χ4v) is 3.34. The number of rotatable bonds is 4. The maximum Gasteiger partial charge on any atom is 0.416 e. The van der Waals surface area contributed by atoms with Crippen LogP contribution < -0.4 is 5.32 Å². The molecule has 3 aromatic rings. The summed E-state index contributed by atoms with van der Waals surface area (Å²) < 4.78 is 43.9. The summed E-state index contributed by atoms with van der Waals surface area (Å²) in [6.07, 6.45) is -4.48. The number of hydrogen-bond acceptors (Lipinski definition) is 4. The van der Waals surface area contributed by atoms with Gasteiger partial charge in [0, 0.05) is 11.3 Å². The Balaban J connectivity index is 1.95. The fraction of sp³-hybridized carbons (Fsp3) is 0.208. The second-order valence-electron chi connectivity index (χ2n) is 7.37. The second-order valence-corrected chi connectivity index (χ2v) is 7.37. The minimum Gasteiger partial charge on any atom is -0.465 e. The van der Waals surface area contributed by atoms with Crippen molar-refractivity contribution in [3.05, 3.63) is 82.0 Å². The number of hydrogen-bond donors (Lipinski definition) is 1. The van der Waals surface area contributed by atoms with Crippen molar-refractivity contribution in [2.24, 2.45) is 0 Å². The van der Waals surface area contributed by atoms with Crippen LogP contribution in [0.25, 0.3) is 11.3 Å². The first-order valence-electron chi connectivity index (χ1n) is 9.67. The molecule has 1 heterocycles. The zero-order valence-electron chi connectivity index (χ0n) is 17.9. The van der Waals surface area contributed by atoms with Crippen LogP contribution in [0.5, 0.6) is 0 Å². The lowest BCUT2D eigenvalue weighted by atomic mass is 10.0. The van der Waals surface area contributed by atoms with E-state index < -0.39 is 23.6 Å². The Kier molecular flexibility index (Phi) is 6.34. The monoisotopic (exact) mass is 442 g/mol. The fourth-order valence-electron chi connectivity index (χ4n) is 3.34. The maximum atomic E-state index is 13.1. The Morgan fingerprint density at radius 2 is 1.59 bits per heavy atom. The Labute approximate surface area is 183 Å². The van der Waals surface area contributed by atoms with Crippen molar-refractivity contribution in [1.82, 2.24) is 4.98 Å². The number of ether oxygens (including phenoxy) is 1. The summed E-state index contributed by atoms with van der Waals surface area (Å²) in [6.45, 7) is 5.18. The van der Waals surface area contributed by atoms with Gasteiger partial charge >= 0.3 is 12.1 Å². The summed E-state index contributed by atoms with van der Waals surface area (Å²) in [5.74, 6) is -0.992. The van der Waals surface area contributed by atoms with E-state index in [4.69, 9.17) is 4.74 Å². The third kappa shape index (κ3) is 4.80. The van der Waals surface area contributed by atoms with Crippen LogP contribution in [0.1, 0.15) is 43.1 Å². The molecule has 0 saturated carbocycles. The largest absolute Gasteiger partial charge is 0.465 e. The van der Waals surface area contributed by atoms with Crippen molar-refractivity contribution in [1.29, 1.82) is 0 Å². The van der Waals surface area contributed by atoms with Crippen LogP contribution in [0.15, 0.2) is 48.5 Å². The minimum atomic E-state index is -4.48. The van der Waals surface area contributed by atoms with E-state index in [1.165, 1.54) is 19.2 Å². The quantitative estimate of drug-likeness (QED) is 0.524. The van der Waals surface area contributed by atoms with Crippen molar-refractivity contribution in [3.8, 4) is 11.3 Å². The standard InChI is InChI=1S/C24H21F3N2O3/c1-13-8-9-19(16-6-5-7-18(12-16)24(25,26)27)28-21(13)22(30)29-20-14(2)10-17(11-15(20)3)23(31)32-4/h5-12H,1-4H3,(H,29,30). The van der Waals surface area contributed by atoms with Crippen molar-refractivity contribution in [2.75, 3.05) is 12.4 Å². The molecule has 0 bridgehead atoms. The topological polar surface area (TPSA) is 68.3 Å². The molecule has 0 radical (unpaired) electrons. The molecular weight excluding hydrogens is 421 g/mol. The number of benzene rings is 2. The van der Waals surface area contributed by atoms with Crippen LogP contribution in [-0.4, -0.2) is 24.0 Å². The lowest BCUT2D eigenvalue weighted by Gasteiger charge is -2.15. The van der Waals surface area contributed by atoms with Crippen LogP contribution in [0, 0.1) is 20.8 Å². The molecular formula is C24H21F3N2O3. The molecule has 8 heteroatoms. The summed E-state index contributed by atoms with van der Waals surface area (Å²) in [5.41, 5.74) is 2.58. The highest BCUT2D eigenvalue weighted by Gasteiger charge is 2.30. The van der Waals surface area contributed by atoms with Gasteiger partial charge in [0.1, 0.15) is 5.69 Å². The number of esters is 1. The van der Waals surface area contributed by atoms with Crippen molar-refractivity contribution in [2.45, 2.75) is 26.9 Å². The molecule has 0 saturated heterocycles. The first kappa shape index (κ1) is 23.0. The van der Waals surface area contributed by atoms with Crippen molar-refractivity contribution < 1.29 is 27.5 Å². The summed E-state index contributed by atoms with van der Waals surface area (Å²) in [5, 5.41) is 2.80. The van der Waals surface area contributed by atoms with E-state index in [1.54, 1.807) is 45.0 Å². The van der Waals surface area contributed by atoms with E-state index in [0.29, 0.717) is 27.9 Å². The molecule has 1 aromatic heterocycles. The lowest BCUT2D eigenvalue weighted by molar-refractivity contribution is -0.137. The van der Waals surface area contributed by atoms with Gasteiger partial charge in [-0.25, -0.2) is 9.78 Å². The predicted octanol–water partition coefficient (Wildman–Crippen LogP) is 5.73. The van der Waals surface area contributed by atoms with Crippen molar-refractivity contribution >= 4 is 17.6 Å². The highest BCUT2D eigenvalue weighted by Crippen LogP contribution is 2.32. The summed E-state index contributed by atoms with van der Waals surface area (Å²) in [6, 6.07) is 11.2. The zero-order chi connectivity index (χ0) is 23.6. The number of nitrogens with one attached hydrogen (secondary N) is 1. The molecule has 1 N–H and O–H groups in total. The average Bonchev–Trinajstić information content (AvgIpc) is 2.75. The van der Waals surface area contributed by atoms with Crippen LogP contribution in [0.2, 0.25) is 0 Å². The molecule has 0 spiro atoms. The van der Waals surface area contributed by atoms with E-state index in [9.17, 15) is 22.8 Å². The lowest BCUT2D eigenvalue weighted by Crippen LogP contribution is -2.17. The number of aryl methyl sites for hydroxylation is 3. The first-order valence-corrected chi connectivity index (χ1v) is 9.67. The number of methoxy groups -OCH3 is 1. The zero-order valence-corrected chi connectivity index (χ0v) is 17.9. The number of nitrogens with zero attached hydrogens (tertiary/aromatic N) is 1. The van der Waals surface area contributed by atoms with Gasteiger partial charge in [0.05, 0.1) is 23.9 Å². The maximum absolute atomic E-state index is 13.1. The van der Waals surface area contributed by atoms with Gasteiger partial charge in [-0.2, -0.15) is 13.2 Å². The highest BCUT2D eigenvalue weighted by atomic mass is 19.4. The molecule has 0 aliphatic rings. The minimum absolute atomic E-state index is 0.0933. The number of carbonyl (C=O) groups is 2. The van der Waals surface area contributed by atoms with Gasteiger partial charge < -0.3 is 10.1 Å². The molecule has 5 nitrogen and oxygen atoms in total. The molecule has 1 amide bonds. The Hall–Kier alpha value is -3.68. The molecule has 0 fully saturated rings.